The van der Waals surface area contributed by atoms with Gasteiger partial charge in [-0.1, -0.05) is 12.8 Å². The van der Waals surface area contributed by atoms with Crippen molar-refractivity contribution in [2.75, 3.05) is 11.1 Å². The average Bonchev–Trinajstić information content (AvgIpc) is 2.14. The first kappa shape index (κ1) is 9.33. The lowest BCUT2D eigenvalue weighted by molar-refractivity contribution is 0.850. The van der Waals surface area contributed by atoms with Crippen LogP contribution >= 0.6 is 0 Å². The number of hydrogen-bond donors (Lipinski definition) is 2. The Labute approximate surface area is 77.6 Å². The van der Waals surface area contributed by atoms with Crippen LogP contribution in [0.25, 0.3) is 0 Å². The summed E-state index contributed by atoms with van der Waals surface area (Å²) in [6.07, 6.45) is 7.72. The molecule has 0 aliphatic rings. The van der Waals surface area contributed by atoms with E-state index in [0.29, 0.717) is 5.82 Å². The topological polar surface area (TPSA) is 63.8 Å². The molecule has 1 rings (SSSR count). The molecule has 1 atom stereocenters. The molecular weight excluding hydrogens is 164 g/mol. The summed E-state index contributed by atoms with van der Waals surface area (Å²) in [6, 6.07) is 1.73. The number of nitrogen functional groups attached to an aromatic ring is 1. The van der Waals surface area contributed by atoms with E-state index in [4.69, 9.17) is 12.2 Å². The number of hydrogen-bond acceptors (Lipinski definition) is 4. The minimum Gasteiger partial charge on any atom is -0.368 e. The van der Waals surface area contributed by atoms with E-state index in [-0.39, 0.29) is 12.0 Å². The standard InChI is InChI=1S/C9H12N4/c1-3-7(4-2)12-8-5-6-11-9(10)13-8/h1,5-7H,4H2,2H3,(H3,10,11,12,13). The van der Waals surface area contributed by atoms with Gasteiger partial charge in [-0.25, -0.2) is 4.98 Å². The molecule has 0 radical (unpaired) electrons. The van der Waals surface area contributed by atoms with Crippen LogP contribution in [0.1, 0.15) is 13.3 Å². The zero-order chi connectivity index (χ0) is 9.68. The molecule has 0 saturated heterocycles. The second-order valence-electron chi connectivity index (χ2n) is 2.57. The van der Waals surface area contributed by atoms with Gasteiger partial charge >= 0.3 is 0 Å². The highest BCUT2D eigenvalue weighted by Crippen LogP contribution is 2.05. The molecule has 1 aromatic heterocycles. The monoisotopic (exact) mass is 176 g/mol. The first-order valence-corrected chi connectivity index (χ1v) is 4.07. The lowest BCUT2D eigenvalue weighted by Crippen LogP contribution is -2.16. The van der Waals surface area contributed by atoms with Crippen LogP contribution in [-0.4, -0.2) is 16.0 Å². The van der Waals surface area contributed by atoms with Crippen molar-refractivity contribution < 1.29 is 0 Å². The highest BCUT2D eigenvalue weighted by atomic mass is 15.1. The number of terminal acetylenes is 1. The van der Waals surface area contributed by atoms with E-state index in [1.54, 1.807) is 12.3 Å². The van der Waals surface area contributed by atoms with Crippen LogP contribution in [0.2, 0.25) is 0 Å². The maximum atomic E-state index is 5.40. The third kappa shape index (κ3) is 2.64. The summed E-state index contributed by atoms with van der Waals surface area (Å²) in [7, 11) is 0. The molecule has 0 aliphatic heterocycles. The van der Waals surface area contributed by atoms with E-state index >= 15 is 0 Å². The molecule has 4 nitrogen and oxygen atoms in total. The molecule has 0 saturated carbocycles. The van der Waals surface area contributed by atoms with E-state index in [1.165, 1.54) is 0 Å². The highest BCUT2D eigenvalue weighted by Gasteiger charge is 2.02. The minimum atomic E-state index is -0.00528. The van der Waals surface area contributed by atoms with Crippen molar-refractivity contribution >= 4 is 11.8 Å². The van der Waals surface area contributed by atoms with Crippen molar-refractivity contribution in [1.82, 2.24) is 9.97 Å². The van der Waals surface area contributed by atoms with Gasteiger partial charge in [-0.05, 0) is 12.5 Å². The normalized spacial score (nSPS) is 11.7. The Kier molecular flexibility index (Phi) is 3.09. The molecule has 68 valence electrons. The SMILES string of the molecule is C#CC(CC)Nc1ccnc(N)n1. The molecule has 0 aliphatic carbocycles. The molecule has 3 N–H and O–H groups in total. The van der Waals surface area contributed by atoms with Crippen LogP contribution in [0, 0.1) is 12.3 Å². The van der Waals surface area contributed by atoms with E-state index in [2.05, 4.69) is 21.2 Å². The zero-order valence-electron chi connectivity index (χ0n) is 7.49. The van der Waals surface area contributed by atoms with Crippen molar-refractivity contribution in [3.8, 4) is 12.3 Å². The summed E-state index contributed by atoms with van der Waals surface area (Å²) in [4.78, 5) is 7.74. The largest absolute Gasteiger partial charge is 0.368 e. The molecule has 0 fully saturated rings. The van der Waals surface area contributed by atoms with E-state index in [9.17, 15) is 0 Å². The summed E-state index contributed by atoms with van der Waals surface area (Å²) >= 11 is 0. The Morgan fingerprint density at radius 1 is 1.77 bits per heavy atom. The molecule has 0 aromatic carbocycles. The molecule has 1 aromatic rings. The van der Waals surface area contributed by atoms with Crippen LogP contribution in [0.4, 0.5) is 11.8 Å². The number of anilines is 2. The van der Waals surface area contributed by atoms with Crippen molar-refractivity contribution in [2.24, 2.45) is 0 Å². The fourth-order valence-electron chi connectivity index (χ4n) is 0.894. The predicted octanol–water partition coefficient (Wildman–Crippen LogP) is 0.883. The molecule has 13 heavy (non-hydrogen) atoms. The second-order valence-corrected chi connectivity index (χ2v) is 2.57. The molecule has 0 amide bonds. The molecule has 0 spiro atoms. The lowest BCUT2D eigenvalue weighted by Gasteiger charge is -2.10. The molecule has 0 bridgehead atoms. The fraction of sp³-hybridized carbons (Fsp3) is 0.333. The first-order chi connectivity index (χ1) is 6.26. The Balaban J connectivity index is 2.69. The summed E-state index contributed by atoms with van der Waals surface area (Å²) in [5.74, 6) is 3.52. The van der Waals surface area contributed by atoms with Crippen LogP contribution < -0.4 is 11.1 Å². The summed E-state index contributed by atoms with van der Waals surface area (Å²) in [5.41, 5.74) is 5.40. The van der Waals surface area contributed by atoms with Crippen molar-refractivity contribution in [2.45, 2.75) is 19.4 Å². The van der Waals surface area contributed by atoms with E-state index in [1.807, 2.05) is 6.92 Å². The van der Waals surface area contributed by atoms with Crippen LogP contribution in [-0.2, 0) is 0 Å². The maximum Gasteiger partial charge on any atom is 0.221 e. The summed E-state index contributed by atoms with van der Waals surface area (Å²) in [6.45, 7) is 2.00. The lowest BCUT2D eigenvalue weighted by atomic mass is 10.2. The maximum absolute atomic E-state index is 5.40. The summed E-state index contributed by atoms with van der Waals surface area (Å²) < 4.78 is 0. The second kappa shape index (κ2) is 4.31. The minimum absolute atomic E-state index is 0.00528. The van der Waals surface area contributed by atoms with Gasteiger partial charge < -0.3 is 11.1 Å². The molecule has 1 unspecified atom stereocenters. The Bertz CT molecular complexity index is 316. The number of nitrogens with zero attached hydrogens (tertiary/aromatic N) is 2. The molecule has 1 heterocycles. The quantitative estimate of drug-likeness (QED) is 0.671. The third-order valence-electron chi connectivity index (χ3n) is 1.61. The predicted molar refractivity (Wildman–Crippen MR) is 53.0 cm³/mol. The van der Waals surface area contributed by atoms with E-state index < -0.39 is 0 Å². The number of nitrogens with two attached hydrogens (primary N) is 1. The van der Waals surface area contributed by atoms with Crippen molar-refractivity contribution in [1.29, 1.82) is 0 Å². The Morgan fingerprint density at radius 2 is 2.54 bits per heavy atom. The Morgan fingerprint density at radius 3 is 3.08 bits per heavy atom. The van der Waals surface area contributed by atoms with Crippen molar-refractivity contribution in [3.05, 3.63) is 12.3 Å². The van der Waals surface area contributed by atoms with Gasteiger partial charge in [-0.2, -0.15) is 4.98 Å². The van der Waals surface area contributed by atoms with Gasteiger partial charge in [0, 0.05) is 6.20 Å². The fourth-order valence-corrected chi connectivity index (χ4v) is 0.894. The number of nitrogens with one attached hydrogen (secondary N) is 1. The van der Waals surface area contributed by atoms with Crippen LogP contribution in [0.15, 0.2) is 12.3 Å². The smallest absolute Gasteiger partial charge is 0.221 e. The van der Waals surface area contributed by atoms with E-state index in [0.717, 1.165) is 6.42 Å². The number of aromatic nitrogens is 2. The summed E-state index contributed by atoms with van der Waals surface area (Å²) in [5, 5.41) is 3.05. The van der Waals surface area contributed by atoms with Crippen molar-refractivity contribution in [3.63, 3.8) is 0 Å². The van der Waals surface area contributed by atoms with Gasteiger partial charge in [0.2, 0.25) is 5.95 Å². The Hall–Kier alpha value is -1.76. The highest BCUT2D eigenvalue weighted by molar-refractivity contribution is 5.40. The van der Waals surface area contributed by atoms with Gasteiger partial charge in [-0.15, -0.1) is 6.42 Å². The zero-order valence-corrected chi connectivity index (χ0v) is 7.49. The number of rotatable bonds is 3. The van der Waals surface area contributed by atoms with Crippen LogP contribution in [0.3, 0.4) is 0 Å². The third-order valence-corrected chi connectivity index (χ3v) is 1.61. The molecule has 4 heteroatoms. The van der Waals surface area contributed by atoms with Gasteiger partial charge in [-0.3, -0.25) is 0 Å². The van der Waals surface area contributed by atoms with Gasteiger partial charge in [0.1, 0.15) is 5.82 Å². The average molecular weight is 176 g/mol. The first-order valence-electron chi connectivity index (χ1n) is 4.07. The molecular formula is C9H12N4. The van der Waals surface area contributed by atoms with Crippen LogP contribution in [0.5, 0.6) is 0 Å². The van der Waals surface area contributed by atoms with Gasteiger partial charge in [0.05, 0.1) is 6.04 Å². The van der Waals surface area contributed by atoms with Gasteiger partial charge in [0.15, 0.2) is 0 Å². The van der Waals surface area contributed by atoms with Gasteiger partial charge in [0.25, 0.3) is 0 Å².